The molecule has 0 aliphatic heterocycles. The monoisotopic (exact) mass is 319 g/mol. The number of hydrogen-bond acceptors (Lipinski definition) is 4. The molecule has 5 nitrogen and oxygen atoms in total. The molecule has 0 aliphatic rings. The van der Waals surface area contributed by atoms with Crippen LogP contribution in [0.4, 0.5) is 4.39 Å². The maximum atomic E-state index is 13.6. The molecule has 7 heteroatoms. The molecule has 1 aromatic carbocycles. The molecule has 0 heterocycles. The van der Waals surface area contributed by atoms with E-state index in [1.54, 1.807) is 0 Å². The number of aliphatic hydroxyl groups excluding tert-OH is 1. The lowest BCUT2D eigenvalue weighted by atomic mass is 9.88. The molecule has 1 rings (SSSR count). The van der Waals surface area contributed by atoms with Crippen LogP contribution >= 0.6 is 0 Å². The molecule has 0 fully saturated rings. The van der Waals surface area contributed by atoms with Crippen molar-refractivity contribution in [1.29, 1.82) is 0 Å². The van der Waals surface area contributed by atoms with Gasteiger partial charge in [-0.1, -0.05) is 13.8 Å². The number of ether oxygens (including phenoxy) is 1. The average molecular weight is 319 g/mol. The Balaban J connectivity index is 2.80. The minimum Gasteiger partial charge on any atom is -0.494 e. The molecular weight excluding hydrogens is 297 g/mol. The van der Waals surface area contributed by atoms with Gasteiger partial charge >= 0.3 is 0 Å². The van der Waals surface area contributed by atoms with E-state index in [1.165, 1.54) is 19.2 Å². The fourth-order valence-corrected chi connectivity index (χ4v) is 3.09. The Labute approximate surface area is 125 Å². The molecule has 0 saturated heterocycles. The summed E-state index contributed by atoms with van der Waals surface area (Å²) in [6.07, 6.45) is 1.29. The molecule has 0 aromatic heterocycles. The quantitative estimate of drug-likeness (QED) is 0.767. The van der Waals surface area contributed by atoms with E-state index in [0.717, 1.165) is 6.07 Å². The van der Waals surface area contributed by atoms with Crippen molar-refractivity contribution < 1.29 is 22.7 Å². The summed E-state index contributed by atoms with van der Waals surface area (Å²) in [5.41, 5.74) is -0.291. The second-order valence-electron chi connectivity index (χ2n) is 5.61. The van der Waals surface area contributed by atoms with E-state index in [-0.39, 0.29) is 29.2 Å². The van der Waals surface area contributed by atoms with Crippen molar-refractivity contribution >= 4 is 10.0 Å². The van der Waals surface area contributed by atoms with Crippen LogP contribution in [0.15, 0.2) is 23.1 Å². The highest BCUT2D eigenvalue weighted by Crippen LogP contribution is 2.23. The minimum atomic E-state index is -3.77. The van der Waals surface area contributed by atoms with Gasteiger partial charge < -0.3 is 9.84 Å². The predicted molar refractivity (Wildman–Crippen MR) is 78.2 cm³/mol. The Hall–Kier alpha value is -1.18. The zero-order chi connectivity index (χ0) is 16.1. The van der Waals surface area contributed by atoms with Crippen LogP contribution in [0.5, 0.6) is 5.75 Å². The lowest BCUT2D eigenvalue weighted by molar-refractivity contribution is 0.242. The first kappa shape index (κ1) is 17.9. The predicted octanol–water partition coefficient (Wildman–Crippen LogP) is 1.91. The molecule has 0 unspecified atom stereocenters. The Kier molecular flexibility index (Phi) is 6.12. The van der Waals surface area contributed by atoms with Crippen molar-refractivity contribution in [3.63, 3.8) is 0 Å². The van der Waals surface area contributed by atoms with Crippen LogP contribution in [0.2, 0.25) is 0 Å². The van der Waals surface area contributed by atoms with E-state index in [1.807, 2.05) is 13.8 Å². The molecule has 0 radical (unpaired) electrons. The average Bonchev–Trinajstić information content (AvgIpc) is 2.43. The van der Waals surface area contributed by atoms with E-state index in [2.05, 4.69) is 4.72 Å². The Morgan fingerprint density at radius 1 is 1.38 bits per heavy atom. The molecular formula is C14H22FNO4S. The van der Waals surface area contributed by atoms with Crippen LogP contribution < -0.4 is 9.46 Å². The Bertz CT molecular complexity index is 572. The topological polar surface area (TPSA) is 75.6 Å². The van der Waals surface area contributed by atoms with Gasteiger partial charge in [0.1, 0.15) is 0 Å². The number of nitrogens with one attached hydrogen (secondary N) is 1. The first-order chi connectivity index (χ1) is 9.72. The smallest absolute Gasteiger partial charge is 0.240 e. The molecule has 2 N–H and O–H groups in total. The fourth-order valence-electron chi connectivity index (χ4n) is 1.83. The summed E-state index contributed by atoms with van der Waals surface area (Å²) in [6, 6.07) is 3.51. The summed E-state index contributed by atoms with van der Waals surface area (Å²) in [5.74, 6) is -0.725. The molecule has 0 bridgehead atoms. The van der Waals surface area contributed by atoms with E-state index >= 15 is 0 Å². The first-order valence-electron chi connectivity index (χ1n) is 6.66. The zero-order valence-electron chi connectivity index (χ0n) is 12.5. The second kappa shape index (κ2) is 7.20. The van der Waals surface area contributed by atoms with Crippen LogP contribution in [-0.2, 0) is 10.0 Å². The lowest BCUT2D eigenvalue weighted by Crippen LogP contribution is -2.34. The van der Waals surface area contributed by atoms with Crippen LogP contribution in [0.3, 0.4) is 0 Å². The lowest BCUT2D eigenvalue weighted by Gasteiger charge is -2.24. The van der Waals surface area contributed by atoms with Gasteiger partial charge in [0.05, 0.1) is 12.0 Å². The van der Waals surface area contributed by atoms with Gasteiger partial charge in [0.15, 0.2) is 11.6 Å². The van der Waals surface area contributed by atoms with E-state index in [9.17, 15) is 12.8 Å². The largest absolute Gasteiger partial charge is 0.494 e. The van der Waals surface area contributed by atoms with Crippen molar-refractivity contribution in [2.75, 3.05) is 20.3 Å². The van der Waals surface area contributed by atoms with Gasteiger partial charge in [-0.15, -0.1) is 0 Å². The number of methoxy groups -OCH3 is 1. The number of halogens is 1. The van der Waals surface area contributed by atoms with Crippen molar-refractivity contribution in [3.8, 4) is 5.75 Å². The van der Waals surface area contributed by atoms with Crippen LogP contribution in [-0.4, -0.2) is 33.8 Å². The van der Waals surface area contributed by atoms with Gasteiger partial charge in [-0.05, 0) is 36.5 Å². The maximum absolute atomic E-state index is 13.6. The van der Waals surface area contributed by atoms with Crippen LogP contribution in [0, 0.1) is 11.2 Å². The first-order valence-corrected chi connectivity index (χ1v) is 8.14. The van der Waals surface area contributed by atoms with Crippen molar-refractivity contribution in [3.05, 3.63) is 24.0 Å². The molecule has 0 atom stereocenters. The summed E-state index contributed by atoms with van der Waals surface area (Å²) < 4.78 is 45.1. The molecule has 120 valence electrons. The highest BCUT2D eigenvalue weighted by molar-refractivity contribution is 7.89. The number of rotatable bonds is 8. The van der Waals surface area contributed by atoms with Gasteiger partial charge in [-0.3, -0.25) is 0 Å². The van der Waals surface area contributed by atoms with Gasteiger partial charge in [-0.25, -0.2) is 17.5 Å². The summed E-state index contributed by atoms with van der Waals surface area (Å²) >= 11 is 0. The molecule has 0 saturated carbocycles. The second-order valence-corrected chi connectivity index (χ2v) is 7.38. The maximum Gasteiger partial charge on any atom is 0.240 e. The van der Waals surface area contributed by atoms with Gasteiger partial charge in [-0.2, -0.15) is 0 Å². The fraction of sp³-hybridized carbons (Fsp3) is 0.571. The standard InChI is InChI=1S/C14H22FNO4S/c1-14(2,7-4-8-17)10-16-21(18,19)11-5-6-13(20-3)12(15)9-11/h5-6,9,16-17H,4,7-8,10H2,1-3H3. The van der Waals surface area contributed by atoms with Crippen LogP contribution in [0.25, 0.3) is 0 Å². The zero-order valence-corrected chi connectivity index (χ0v) is 13.3. The molecule has 1 aromatic rings. The summed E-state index contributed by atoms with van der Waals surface area (Å²) in [7, 11) is -2.46. The van der Waals surface area contributed by atoms with Crippen molar-refractivity contribution in [2.45, 2.75) is 31.6 Å². The van der Waals surface area contributed by atoms with E-state index in [0.29, 0.717) is 12.8 Å². The summed E-state index contributed by atoms with van der Waals surface area (Å²) in [4.78, 5) is -0.140. The van der Waals surface area contributed by atoms with E-state index in [4.69, 9.17) is 9.84 Å². The van der Waals surface area contributed by atoms with Gasteiger partial charge in [0.25, 0.3) is 0 Å². The van der Waals surface area contributed by atoms with E-state index < -0.39 is 15.8 Å². The number of aliphatic hydroxyl groups is 1. The van der Waals surface area contributed by atoms with Gasteiger partial charge in [0, 0.05) is 13.2 Å². The minimum absolute atomic E-state index is 0.00257. The molecule has 0 aliphatic carbocycles. The van der Waals surface area contributed by atoms with Crippen molar-refractivity contribution in [2.24, 2.45) is 5.41 Å². The SMILES string of the molecule is COc1ccc(S(=O)(=O)NCC(C)(C)CCCO)cc1F. The van der Waals surface area contributed by atoms with Crippen LogP contribution in [0.1, 0.15) is 26.7 Å². The highest BCUT2D eigenvalue weighted by Gasteiger charge is 2.22. The number of sulfonamides is 1. The normalized spacial score (nSPS) is 12.4. The highest BCUT2D eigenvalue weighted by atomic mass is 32.2. The van der Waals surface area contributed by atoms with Gasteiger partial charge in [0.2, 0.25) is 10.0 Å². The third-order valence-corrected chi connectivity index (χ3v) is 4.58. The Morgan fingerprint density at radius 3 is 2.57 bits per heavy atom. The number of hydrogen-bond donors (Lipinski definition) is 2. The number of benzene rings is 1. The Morgan fingerprint density at radius 2 is 2.05 bits per heavy atom. The molecule has 0 amide bonds. The summed E-state index contributed by atoms with van der Waals surface area (Å²) in [5, 5.41) is 8.82. The third-order valence-electron chi connectivity index (χ3n) is 3.19. The molecule has 21 heavy (non-hydrogen) atoms. The third kappa shape index (κ3) is 5.26. The summed E-state index contributed by atoms with van der Waals surface area (Å²) in [6.45, 7) is 4.09. The van der Waals surface area contributed by atoms with Crippen molar-refractivity contribution in [1.82, 2.24) is 4.72 Å². The molecule has 0 spiro atoms.